The molecule has 2 rings (SSSR count). The van der Waals surface area contributed by atoms with E-state index in [1.54, 1.807) is 18.2 Å². The fourth-order valence-electron chi connectivity index (χ4n) is 1.64. The van der Waals surface area contributed by atoms with Crippen molar-refractivity contribution in [2.75, 3.05) is 12.3 Å². The van der Waals surface area contributed by atoms with Crippen LogP contribution in [-0.2, 0) is 0 Å². The standard InChI is InChI=1S/C15H14Cl2FNO2/c1-2-5-20-14-8-15(12(19)7-11(14)18)21-13-4-3-9(16)6-10(13)17/h3-4,6-8H,2,5,19H2,1H3. The van der Waals surface area contributed by atoms with Gasteiger partial charge in [0.2, 0.25) is 0 Å². The molecule has 0 fully saturated rings. The first-order valence-electron chi connectivity index (χ1n) is 6.36. The molecule has 3 nitrogen and oxygen atoms in total. The second-order valence-electron chi connectivity index (χ2n) is 4.35. The number of halogens is 3. The lowest BCUT2D eigenvalue weighted by atomic mass is 10.2. The molecule has 0 radical (unpaired) electrons. The monoisotopic (exact) mass is 329 g/mol. The molecule has 0 aliphatic carbocycles. The minimum atomic E-state index is -0.532. The Kier molecular flexibility index (Phi) is 5.15. The summed E-state index contributed by atoms with van der Waals surface area (Å²) in [6.45, 7) is 2.34. The summed E-state index contributed by atoms with van der Waals surface area (Å²) in [5.74, 6) is 0.203. The van der Waals surface area contributed by atoms with Gasteiger partial charge in [-0.25, -0.2) is 4.39 Å². The summed E-state index contributed by atoms with van der Waals surface area (Å²) in [4.78, 5) is 0. The third-order valence-corrected chi connectivity index (χ3v) is 3.17. The quantitative estimate of drug-likeness (QED) is 0.757. The van der Waals surface area contributed by atoms with Crippen molar-refractivity contribution in [3.63, 3.8) is 0 Å². The number of hydrogen-bond acceptors (Lipinski definition) is 3. The molecule has 2 aromatic carbocycles. The molecule has 0 atom stereocenters. The van der Waals surface area contributed by atoms with Crippen LogP contribution < -0.4 is 15.2 Å². The van der Waals surface area contributed by atoms with Crippen LogP contribution in [-0.4, -0.2) is 6.61 Å². The third kappa shape index (κ3) is 3.93. The summed E-state index contributed by atoms with van der Waals surface area (Å²) in [5.41, 5.74) is 5.91. The third-order valence-electron chi connectivity index (χ3n) is 2.64. The molecule has 0 aliphatic rings. The zero-order valence-corrected chi connectivity index (χ0v) is 12.8. The van der Waals surface area contributed by atoms with Crippen LogP contribution in [0.4, 0.5) is 10.1 Å². The van der Waals surface area contributed by atoms with E-state index in [1.165, 1.54) is 6.07 Å². The number of ether oxygens (including phenoxy) is 2. The molecule has 112 valence electrons. The summed E-state index contributed by atoms with van der Waals surface area (Å²) >= 11 is 11.9. The maximum Gasteiger partial charge on any atom is 0.167 e. The molecule has 2 aromatic rings. The Bertz CT molecular complexity index is 650. The minimum Gasteiger partial charge on any atom is -0.490 e. The Balaban J connectivity index is 2.30. The molecule has 0 saturated heterocycles. The van der Waals surface area contributed by atoms with Gasteiger partial charge in [0, 0.05) is 17.2 Å². The van der Waals surface area contributed by atoms with Gasteiger partial charge in [0.05, 0.1) is 17.3 Å². The number of nitrogen functional groups attached to an aromatic ring is 1. The average Bonchev–Trinajstić information content (AvgIpc) is 2.43. The smallest absolute Gasteiger partial charge is 0.167 e. The zero-order chi connectivity index (χ0) is 15.4. The number of hydrogen-bond donors (Lipinski definition) is 1. The highest BCUT2D eigenvalue weighted by Gasteiger charge is 2.12. The summed E-state index contributed by atoms with van der Waals surface area (Å²) in [6.07, 6.45) is 0.767. The van der Waals surface area contributed by atoms with Crippen molar-refractivity contribution in [2.24, 2.45) is 0 Å². The van der Waals surface area contributed by atoms with E-state index in [2.05, 4.69) is 0 Å². The van der Waals surface area contributed by atoms with Crippen molar-refractivity contribution < 1.29 is 13.9 Å². The predicted molar refractivity (Wildman–Crippen MR) is 83.1 cm³/mol. The van der Waals surface area contributed by atoms with Crippen molar-refractivity contribution in [3.05, 3.63) is 46.2 Å². The summed E-state index contributed by atoms with van der Waals surface area (Å²) in [5, 5.41) is 0.827. The number of nitrogens with two attached hydrogens (primary N) is 1. The highest BCUT2D eigenvalue weighted by atomic mass is 35.5. The molecule has 0 saturated carbocycles. The second-order valence-corrected chi connectivity index (χ2v) is 5.19. The largest absolute Gasteiger partial charge is 0.490 e. The van der Waals surface area contributed by atoms with Gasteiger partial charge in [-0.15, -0.1) is 0 Å². The molecular weight excluding hydrogens is 316 g/mol. The highest BCUT2D eigenvalue weighted by Crippen LogP contribution is 2.37. The Morgan fingerprint density at radius 1 is 1.10 bits per heavy atom. The molecule has 0 aromatic heterocycles. The Morgan fingerprint density at radius 2 is 1.86 bits per heavy atom. The van der Waals surface area contributed by atoms with E-state index in [-0.39, 0.29) is 17.2 Å². The topological polar surface area (TPSA) is 44.5 Å². The molecule has 0 spiro atoms. The van der Waals surface area contributed by atoms with Crippen LogP contribution in [0, 0.1) is 5.82 Å². The van der Waals surface area contributed by atoms with Crippen LogP contribution in [0.1, 0.15) is 13.3 Å². The van der Waals surface area contributed by atoms with Crippen molar-refractivity contribution in [1.82, 2.24) is 0 Å². The fraction of sp³-hybridized carbons (Fsp3) is 0.200. The van der Waals surface area contributed by atoms with E-state index >= 15 is 0 Å². The molecule has 0 amide bonds. The first kappa shape index (κ1) is 15.7. The Morgan fingerprint density at radius 3 is 2.52 bits per heavy atom. The summed E-state index contributed by atoms with van der Waals surface area (Å²) in [6, 6.07) is 7.36. The van der Waals surface area contributed by atoms with Crippen LogP contribution in [0.15, 0.2) is 30.3 Å². The van der Waals surface area contributed by atoms with Gasteiger partial charge in [-0.2, -0.15) is 0 Å². The lowest BCUT2D eigenvalue weighted by Crippen LogP contribution is -2.00. The van der Waals surface area contributed by atoms with Gasteiger partial charge in [0.15, 0.2) is 17.3 Å². The van der Waals surface area contributed by atoms with E-state index in [9.17, 15) is 4.39 Å². The first-order valence-corrected chi connectivity index (χ1v) is 7.11. The van der Waals surface area contributed by atoms with Crippen molar-refractivity contribution in [3.8, 4) is 17.2 Å². The lowest BCUT2D eigenvalue weighted by Gasteiger charge is -2.13. The Hall–Kier alpha value is -1.65. The molecule has 0 unspecified atom stereocenters. The maximum absolute atomic E-state index is 13.7. The lowest BCUT2D eigenvalue weighted by molar-refractivity contribution is 0.300. The van der Waals surface area contributed by atoms with Crippen LogP contribution in [0.5, 0.6) is 17.2 Å². The highest BCUT2D eigenvalue weighted by molar-refractivity contribution is 6.35. The van der Waals surface area contributed by atoms with Gasteiger partial charge in [-0.05, 0) is 24.6 Å². The van der Waals surface area contributed by atoms with Gasteiger partial charge in [-0.1, -0.05) is 30.1 Å². The van der Waals surface area contributed by atoms with Gasteiger partial charge in [-0.3, -0.25) is 0 Å². The fourth-order valence-corrected chi connectivity index (χ4v) is 2.08. The van der Waals surface area contributed by atoms with Crippen LogP contribution in [0.2, 0.25) is 10.0 Å². The summed E-state index contributed by atoms with van der Waals surface area (Å²) < 4.78 is 24.6. The molecule has 6 heteroatoms. The molecule has 0 bridgehead atoms. The number of anilines is 1. The SMILES string of the molecule is CCCOc1cc(Oc2ccc(Cl)cc2Cl)c(N)cc1F. The van der Waals surface area contributed by atoms with Gasteiger partial charge >= 0.3 is 0 Å². The molecule has 2 N–H and O–H groups in total. The van der Waals surface area contributed by atoms with E-state index in [0.29, 0.717) is 22.4 Å². The minimum absolute atomic E-state index is 0.0890. The van der Waals surface area contributed by atoms with E-state index in [0.717, 1.165) is 12.5 Å². The number of benzene rings is 2. The molecule has 0 aliphatic heterocycles. The van der Waals surface area contributed by atoms with Crippen LogP contribution >= 0.6 is 23.2 Å². The van der Waals surface area contributed by atoms with E-state index < -0.39 is 5.82 Å². The van der Waals surface area contributed by atoms with Gasteiger partial charge in [0.1, 0.15) is 5.75 Å². The van der Waals surface area contributed by atoms with E-state index in [4.69, 9.17) is 38.4 Å². The summed E-state index contributed by atoms with van der Waals surface area (Å²) in [7, 11) is 0. The molecule has 0 heterocycles. The number of rotatable bonds is 5. The first-order chi connectivity index (χ1) is 10.0. The van der Waals surface area contributed by atoms with Crippen LogP contribution in [0.25, 0.3) is 0 Å². The Labute approximate surface area is 132 Å². The van der Waals surface area contributed by atoms with Crippen molar-refractivity contribution >= 4 is 28.9 Å². The van der Waals surface area contributed by atoms with Crippen molar-refractivity contribution in [2.45, 2.75) is 13.3 Å². The molecule has 21 heavy (non-hydrogen) atoms. The van der Waals surface area contributed by atoms with Gasteiger partial charge in [0.25, 0.3) is 0 Å². The normalized spacial score (nSPS) is 10.5. The van der Waals surface area contributed by atoms with E-state index in [1.807, 2.05) is 6.92 Å². The van der Waals surface area contributed by atoms with Gasteiger partial charge < -0.3 is 15.2 Å². The maximum atomic E-state index is 13.7. The van der Waals surface area contributed by atoms with Crippen molar-refractivity contribution in [1.29, 1.82) is 0 Å². The second kappa shape index (κ2) is 6.87. The zero-order valence-electron chi connectivity index (χ0n) is 11.3. The average molecular weight is 330 g/mol. The molecular formula is C15H14Cl2FNO2. The predicted octanol–water partition coefficient (Wildman–Crippen LogP) is 5.30. The van der Waals surface area contributed by atoms with Crippen LogP contribution in [0.3, 0.4) is 0 Å².